The molecule has 2 nitrogen and oxygen atoms in total. The first kappa shape index (κ1) is 13.7. The largest absolute Gasteiger partial charge is 0.315 e. The summed E-state index contributed by atoms with van der Waals surface area (Å²) in [6, 6.07) is 12.6. The quantitative estimate of drug-likeness (QED) is 0.872. The summed E-state index contributed by atoms with van der Waals surface area (Å²) in [6.45, 7) is 1.59. The molecule has 19 heavy (non-hydrogen) atoms. The van der Waals surface area contributed by atoms with Gasteiger partial charge in [-0.15, -0.1) is 0 Å². The fourth-order valence-corrected chi connectivity index (χ4v) is 2.07. The standard InChI is InChI=1S/C15H13ClFNO/c1-15(18,10-5-3-2-4-6-10)14(19)12-9-11(17)7-8-13(12)16/h2-9H,18H2,1H3. The number of rotatable bonds is 3. The molecular formula is C15H13ClFNO. The van der Waals surface area contributed by atoms with Crippen LogP contribution in [0.3, 0.4) is 0 Å². The molecule has 0 aliphatic carbocycles. The van der Waals surface area contributed by atoms with Crippen molar-refractivity contribution in [3.05, 3.63) is 70.5 Å². The Morgan fingerprint density at radius 3 is 2.47 bits per heavy atom. The summed E-state index contributed by atoms with van der Waals surface area (Å²) in [6.07, 6.45) is 0. The molecule has 0 aromatic heterocycles. The smallest absolute Gasteiger partial charge is 0.188 e. The number of hydrogen-bond donors (Lipinski definition) is 1. The van der Waals surface area contributed by atoms with Crippen molar-refractivity contribution >= 4 is 17.4 Å². The van der Waals surface area contributed by atoms with E-state index in [1.807, 2.05) is 6.07 Å². The molecule has 0 aliphatic heterocycles. The van der Waals surface area contributed by atoms with Crippen molar-refractivity contribution in [3.63, 3.8) is 0 Å². The highest BCUT2D eigenvalue weighted by molar-refractivity contribution is 6.34. The zero-order valence-corrected chi connectivity index (χ0v) is 11.1. The third-order valence-electron chi connectivity index (χ3n) is 3.02. The van der Waals surface area contributed by atoms with Gasteiger partial charge < -0.3 is 5.73 Å². The van der Waals surface area contributed by atoms with Gasteiger partial charge in [-0.25, -0.2) is 4.39 Å². The molecule has 0 amide bonds. The Labute approximate surface area is 116 Å². The van der Waals surface area contributed by atoms with Crippen molar-refractivity contribution in [3.8, 4) is 0 Å². The van der Waals surface area contributed by atoms with Crippen LogP contribution in [0.15, 0.2) is 48.5 Å². The number of nitrogens with two attached hydrogens (primary N) is 1. The molecule has 2 rings (SSSR count). The van der Waals surface area contributed by atoms with Gasteiger partial charge in [-0.1, -0.05) is 41.9 Å². The third-order valence-corrected chi connectivity index (χ3v) is 3.35. The fourth-order valence-electron chi connectivity index (χ4n) is 1.87. The van der Waals surface area contributed by atoms with Gasteiger partial charge in [-0.05, 0) is 30.7 Å². The van der Waals surface area contributed by atoms with Crippen LogP contribution < -0.4 is 5.73 Å². The lowest BCUT2D eigenvalue weighted by Crippen LogP contribution is -2.42. The molecule has 0 saturated heterocycles. The average Bonchev–Trinajstić information content (AvgIpc) is 2.41. The number of Topliss-reactive ketones (excluding diaryl/α,β-unsaturated/α-hetero) is 1. The Bertz CT molecular complexity index is 611. The average molecular weight is 278 g/mol. The van der Waals surface area contributed by atoms with Gasteiger partial charge in [0.25, 0.3) is 0 Å². The van der Waals surface area contributed by atoms with Crippen molar-refractivity contribution in [2.24, 2.45) is 5.73 Å². The van der Waals surface area contributed by atoms with Crippen molar-refractivity contribution in [1.82, 2.24) is 0 Å². The van der Waals surface area contributed by atoms with Gasteiger partial charge in [0.2, 0.25) is 0 Å². The van der Waals surface area contributed by atoms with Crippen LogP contribution in [0.1, 0.15) is 22.8 Å². The summed E-state index contributed by atoms with van der Waals surface area (Å²) < 4.78 is 13.2. The maximum Gasteiger partial charge on any atom is 0.188 e. The van der Waals surface area contributed by atoms with Gasteiger partial charge in [0.05, 0.1) is 5.02 Å². The fraction of sp³-hybridized carbons (Fsp3) is 0.133. The zero-order valence-electron chi connectivity index (χ0n) is 10.4. The monoisotopic (exact) mass is 277 g/mol. The Balaban J connectivity index is 2.46. The van der Waals surface area contributed by atoms with Crippen LogP contribution in [0.2, 0.25) is 5.02 Å². The van der Waals surface area contributed by atoms with Gasteiger partial charge in [0.15, 0.2) is 5.78 Å². The lowest BCUT2D eigenvalue weighted by molar-refractivity contribution is 0.0899. The lowest BCUT2D eigenvalue weighted by atomic mass is 9.85. The predicted octanol–water partition coefficient (Wildman–Crippen LogP) is 3.54. The third kappa shape index (κ3) is 2.67. The van der Waals surface area contributed by atoms with Gasteiger partial charge >= 0.3 is 0 Å². The summed E-state index contributed by atoms with van der Waals surface area (Å²) in [5, 5.41) is 0.194. The first-order chi connectivity index (χ1) is 8.93. The van der Waals surface area contributed by atoms with Crippen molar-refractivity contribution in [2.45, 2.75) is 12.5 Å². The molecule has 1 atom stereocenters. The molecule has 0 radical (unpaired) electrons. The van der Waals surface area contributed by atoms with Crippen LogP contribution in [-0.2, 0) is 5.54 Å². The van der Waals surface area contributed by atoms with Crippen LogP contribution in [-0.4, -0.2) is 5.78 Å². The highest BCUT2D eigenvalue weighted by atomic mass is 35.5. The number of halogens is 2. The maximum atomic E-state index is 13.2. The van der Waals surface area contributed by atoms with E-state index in [0.29, 0.717) is 5.56 Å². The minimum atomic E-state index is -1.25. The minimum Gasteiger partial charge on any atom is -0.315 e. The second kappa shape index (κ2) is 5.11. The van der Waals surface area contributed by atoms with Crippen LogP contribution in [0.5, 0.6) is 0 Å². The molecule has 4 heteroatoms. The second-order valence-corrected chi connectivity index (χ2v) is 4.93. The molecule has 0 heterocycles. The molecule has 0 aliphatic rings. The topological polar surface area (TPSA) is 43.1 Å². The number of benzene rings is 2. The Kier molecular flexibility index (Phi) is 3.69. The van der Waals surface area contributed by atoms with E-state index < -0.39 is 17.1 Å². The maximum absolute atomic E-state index is 13.2. The van der Waals surface area contributed by atoms with E-state index in [-0.39, 0.29) is 10.6 Å². The van der Waals surface area contributed by atoms with Crippen LogP contribution in [0.25, 0.3) is 0 Å². The van der Waals surface area contributed by atoms with E-state index in [4.69, 9.17) is 17.3 Å². The van der Waals surface area contributed by atoms with Gasteiger partial charge in [0, 0.05) is 5.56 Å². The predicted molar refractivity (Wildman–Crippen MR) is 73.7 cm³/mol. The lowest BCUT2D eigenvalue weighted by Gasteiger charge is -2.24. The van der Waals surface area contributed by atoms with Crippen molar-refractivity contribution in [2.75, 3.05) is 0 Å². The number of carbonyl (C=O) groups is 1. The minimum absolute atomic E-state index is 0.0931. The molecule has 2 aromatic rings. The Morgan fingerprint density at radius 1 is 1.21 bits per heavy atom. The highest BCUT2D eigenvalue weighted by Crippen LogP contribution is 2.27. The molecule has 98 valence electrons. The highest BCUT2D eigenvalue weighted by Gasteiger charge is 2.32. The van der Waals surface area contributed by atoms with E-state index >= 15 is 0 Å². The molecule has 0 fully saturated rings. The number of ketones is 1. The Hall–Kier alpha value is -1.71. The van der Waals surface area contributed by atoms with E-state index in [2.05, 4.69) is 0 Å². The molecular weight excluding hydrogens is 265 g/mol. The summed E-state index contributed by atoms with van der Waals surface area (Å²) in [5.74, 6) is -0.931. The van der Waals surface area contributed by atoms with Gasteiger partial charge in [-0.3, -0.25) is 4.79 Å². The molecule has 0 saturated carbocycles. The van der Waals surface area contributed by atoms with E-state index in [1.165, 1.54) is 12.1 Å². The molecule has 0 bridgehead atoms. The zero-order chi connectivity index (χ0) is 14.0. The summed E-state index contributed by atoms with van der Waals surface area (Å²) in [5.41, 5.74) is 5.60. The van der Waals surface area contributed by atoms with E-state index in [0.717, 1.165) is 6.07 Å². The van der Waals surface area contributed by atoms with Crippen LogP contribution >= 0.6 is 11.6 Å². The number of hydrogen-bond acceptors (Lipinski definition) is 2. The normalized spacial score (nSPS) is 13.9. The molecule has 2 aromatic carbocycles. The van der Waals surface area contributed by atoms with Crippen molar-refractivity contribution in [1.29, 1.82) is 0 Å². The van der Waals surface area contributed by atoms with Crippen molar-refractivity contribution < 1.29 is 9.18 Å². The van der Waals surface area contributed by atoms with E-state index in [9.17, 15) is 9.18 Å². The molecule has 1 unspecified atom stereocenters. The summed E-state index contributed by atoms with van der Waals surface area (Å²) >= 11 is 5.94. The second-order valence-electron chi connectivity index (χ2n) is 4.52. The number of carbonyl (C=O) groups excluding carboxylic acids is 1. The van der Waals surface area contributed by atoms with Gasteiger partial charge in [0.1, 0.15) is 11.4 Å². The van der Waals surface area contributed by atoms with E-state index in [1.54, 1.807) is 31.2 Å². The SMILES string of the molecule is CC(N)(C(=O)c1cc(F)ccc1Cl)c1ccccc1. The first-order valence-corrected chi connectivity index (χ1v) is 6.15. The van der Waals surface area contributed by atoms with Crippen LogP contribution in [0, 0.1) is 5.82 Å². The van der Waals surface area contributed by atoms with Gasteiger partial charge in [-0.2, -0.15) is 0 Å². The summed E-state index contributed by atoms with van der Waals surface area (Å²) in [7, 11) is 0. The first-order valence-electron chi connectivity index (χ1n) is 5.77. The molecule has 2 N–H and O–H groups in total. The summed E-state index contributed by atoms with van der Waals surface area (Å²) in [4.78, 5) is 12.5. The van der Waals surface area contributed by atoms with Crippen LogP contribution in [0.4, 0.5) is 4.39 Å². The Morgan fingerprint density at radius 2 is 1.84 bits per heavy atom. The molecule has 0 spiro atoms.